The standard InChI is InChI=1S/C8H6ClN3O/c9-4-1-2-6-5(3-4)7(13)8(10)12-11-6/h1-3H,(H2,10,12)(H,11,13). The maximum atomic E-state index is 11.4. The predicted molar refractivity (Wildman–Crippen MR) is 51.8 cm³/mol. The number of anilines is 1. The van der Waals surface area contributed by atoms with Crippen LogP contribution in [0.5, 0.6) is 0 Å². The predicted octanol–water partition coefficient (Wildman–Crippen LogP) is 1.16. The average molecular weight is 196 g/mol. The van der Waals surface area contributed by atoms with E-state index in [0.29, 0.717) is 15.9 Å². The Labute approximate surface area is 78.3 Å². The van der Waals surface area contributed by atoms with Crippen molar-refractivity contribution in [3.63, 3.8) is 0 Å². The number of nitrogens with two attached hydrogens (primary N) is 1. The van der Waals surface area contributed by atoms with Crippen LogP contribution in [0.3, 0.4) is 0 Å². The molecular formula is C8H6ClN3O. The minimum Gasteiger partial charge on any atom is -0.379 e. The van der Waals surface area contributed by atoms with E-state index in [1.54, 1.807) is 18.2 Å². The Morgan fingerprint density at radius 2 is 2.23 bits per heavy atom. The monoisotopic (exact) mass is 195 g/mol. The summed E-state index contributed by atoms with van der Waals surface area (Å²) >= 11 is 5.73. The zero-order chi connectivity index (χ0) is 9.42. The third-order valence-electron chi connectivity index (χ3n) is 1.76. The highest BCUT2D eigenvalue weighted by molar-refractivity contribution is 6.31. The number of nitrogens with zero attached hydrogens (tertiary/aromatic N) is 1. The lowest BCUT2D eigenvalue weighted by Crippen LogP contribution is -2.11. The molecule has 0 atom stereocenters. The SMILES string of the molecule is Nc1n[nH]c2ccc(Cl)cc2c1=O. The fourth-order valence-electron chi connectivity index (χ4n) is 1.11. The molecule has 1 heterocycles. The van der Waals surface area contributed by atoms with Crippen LogP contribution in [0.1, 0.15) is 0 Å². The summed E-state index contributed by atoms with van der Waals surface area (Å²) in [6.45, 7) is 0. The number of H-pyrrole nitrogens is 1. The van der Waals surface area contributed by atoms with Crippen LogP contribution in [-0.2, 0) is 0 Å². The second kappa shape index (κ2) is 2.74. The lowest BCUT2D eigenvalue weighted by Gasteiger charge is -1.97. The summed E-state index contributed by atoms with van der Waals surface area (Å²) < 4.78 is 0. The highest BCUT2D eigenvalue weighted by Gasteiger charge is 2.03. The molecule has 2 aromatic rings. The molecule has 13 heavy (non-hydrogen) atoms. The molecule has 0 amide bonds. The Bertz CT molecular complexity index is 515. The van der Waals surface area contributed by atoms with Gasteiger partial charge in [-0.2, -0.15) is 5.10 Å². The molecule has 0 aliphatic heterocycles. The summed E-state index contributed by atoms with van der Waals surface area (Å²) in [6.07, 6.45) is 0. The van der Waals surface area contributed by atoms with E-state index >= 15 is 0 Å². The summed E-state index contributed by atoms with van der Waals surface area (Å²) in [7, 11) is 0. The van der Waals surface area contributed by atoms with Crippen LogP contribution in [0, 0.1) is 0 Å². The Balaban J connectivity index is 2.97. The van der Waals surface area contributed by atoms with Gasteiger partial charge < -0.3 is 5.73 Å². The first-order valence-corrected chi connectivity index (χ1v) is 3.99. The Kier molecular flexibility index (Phi) is 1.70. The normalized spacial score (nSPS) is 10.5. The van der Waals surface area contributed by atoms with Crippen LogP contribution in [-0.4, -0.2) is 10.2 Å². The van der Waals surface area contributed by atoms with E-state index in [9.17, 15) is 4.79 Å². The highest BCUT2D eigenvalue weighted by atomic mass is 35.5. The molecule has 0 aliphatic rings. The number of halogens is 1. The highest BCUT2D eigenvalue weighted by Crippen LogP contribution is 2.14. The quantitative estimate of drug-likeness (QED) is 0.663. The molecule has 0 aliphatic carbocycles. The van der Waals surface area contributed by atoms with Crippen LogP contribution < -0.4 is 11.2 Å². The third kappa shape index (κ3) is 1.25. The summed E-state index contributed by atoms with van der Waals surface area (Å²) in [5.41, 5.74) is 5.67. The van der Waals surface area contributed by atoms with Crippen LogP contribution >= 0.6 is 11.6 Å². The van der Waals surface area contributed by atoms with E-state index < -0.39 is 0 Å². The van der Waals surface area contributed by atoms with Crippen molar-refractivity contribution in [3.8, 4) is 0 Å². The number of fused-ring (bicyclic) bond motifs is 1. The van der Waals surface area contributed by atoms with Gasteiger partial charge in [-0.25, -0.2) is 0 Å². The smallest absolute Gasteiger partial charge is 0.231 e. The van der Waals surface area contributed by atoms with E-state index in [4.69, 9.17) is 17.3 Å². The van der Waals surface area contributed by atoms with E-state index in [1.807, 2.05) is 0 Å². The number of nitrogen functional groups attached to an aromatic ring is 1. The van der Waals surface area contributed by atoms with Crippen molar-refractivity contribution >= 4 is 28.3 Å². The average Bonchev–Trinajstić information content (AvgIpc) is 2.12. The van der Waals surface area contributed by atoms with Gasteiger partial charge >= 0.3 is 0 Å². The molecule has 0 bridgehead atoms. The maximum Gasteiger partial charge on any atom is 0.231 e. The summed E-state index contributed by atoms with van der Waals surface area (Å²) in [5.74, 6) is -0.0465. The number of rotatable bonds is 0. The molecule has 1 aromatic carbocycles. The molecule has 0 saturated heterocycles. The molecule has 1 aromatic heterocycles. The number of hydrogen-bond donors (Lipinski definition) is 2. The lowest BCUT2D eigenvalue weighted by atomic mass is 10.2. The van der Waals surface area contributed by atoms with Crippen molar-refractivity contribution in [2.24, 2.45) is 0 Å². The van der Waals surface area contributed by atoms with Crippen LogP contribution in [0.15, 0.2) is 23.0 Å². The van der Waals surface area contributed by atoms with Gasteiger partial charge in [0.15, 0.2) is 5.82 Å². The van der Waals surface area contributed by atoms with Gasteiger partial charge in [-0.1, -0.05) is 11.6 Å². The molecule has 5 heteroatoms. The molecule has 0 unspecified atom stereocenters. The number of benzene rings is 1. The van der Waals surface area contributed by atoms with Crippen molar-refractivity contribution in [2.75, 3.05) is 5.73 Å². The second-order valence-corrected chi connectivity index (χ2v) is 3.06. The molecule has 0 saturated carbocycles. The van der Waals surface area contributed by atoms with Gasteiger partial charge in [0, 0.05) is 5.02 Å². The first-order valence-electron chi connectivity index (χ1n) is 3.62. The van der Waals surface area contributed by atoms with Gasteiger partial charge in [0.1, 0.15) is 0 Å². The minimum absolute atomic E-state index is 0.0465. The Morgan fingerprint density at radius 1 is 1.46 bits per heavy atom. The number of nitrogens with one attached hydrogen (secondary N) is 1. The molecule has 0 radical (unpaired) electrons. The van der Waals surface area contributed by atoms with Crippen molar-refractivity contribution in [3.05, 3.63) is 33.4 Å². The van der Waals surface area contributed by atoms with E-state index in [-0.39, 0.29) is 11.2 Å². The van der Waals surface area contributed by atoms with Gasteiger partial charge in [0.05, 0.1) is 10.9 Å². The van der Waals surface area contributed by atoms with Crippen LogP contribution in [0.2, 0.25) is 5.02 Å². The molecule has 4 nitrogen and oxygen atoms in total. The van der Waals surface area contributed by atoms with Crippen molar-refractivity contribution in [2.45, 2.75) is 0 Å². The van der Waals surface area contributed by atoms with Crippen molar-refractivity contribution < 1.29 is 0 Å². The maximum absolute atomic E-state index is 11.4. The number of hydrogen-bond acceptors (Lipinski definition) is 3. The fraction of sp³-hybridized carbons (Fsp3) is 0. The zero-order valence-corrected chi connectivity index (χ0v) is 7.30. The van der Waals surface area contributed by atoms with E-state index in [1.165, 1.54) is 0 Å². The molecule has 3 N–H and O–H groups in total. The van der Waals surface area contributed by atoms with Crippen molar-refractivity contribution in [1.82, 2.24) is 10.2 Å². The largest absolute Gasteiger partial charge is 0.379 e. The summed E-state index contributed by atoms with van der Waals surface area (Å²) in [6, 6.07) is 4.93. The molecular weight excluding hydrogens is 190 g/mol. The Morgan fingerprint density at radius 3 is 3.00 bits per heavy atom. The zero-order valence-electron chi connectivity index (χ0n) is 6.54. The summed E-state index contributed by atoms with van der Waals surface area (Å²) in [4.78, 5) is 11.4. The van der Waals surface area contributed by atoms with Gasteiger partial charge in [-0.05, 0) is 18.2 Å². The first kappa shape index (κ1) is 8.07. The second-order valence-electron chi connectivity index (χ2n) is 2.63. The summed E-state index contributed by atoms with van der Waals surface area (Å²) in [5, 5.41) is 7.25. The molecule has 66 valence electrons. The number of aromatic amines is 1. The van der Waals surface area contributed by atoms with Gasteiger partial charge in [0.25, 0.3) is 0 Å². The van der Waals surface area contributed by atoms with Crippen LogP contribution in [0.4, 0.5) is 5.82 Å². The van der Waals surface area contributed by atoms with E-state index in [2.05, 4.69) is 10.2 Å². The Hall–Kier alpha value is -1.55. The first-order chi connectivity index (χ1) is 6.18. The molecule has 0 fully saturated rings. The van der Waals surface area contributed by atoms with Crippen molar-refractivity contribution in [1.29, 1.82) is 0 Å². The lowest BCUT2D eigenvalue weighted by molar-refractivity contribution is 1.08. The van der Waals surface area contributed by atoms with Gasteiger partial charge in [-0.15, -0.1) is 0 Å². The molecule has 2 rings (SSSR count). The van der Waals surface area contributed by atoms with E-state index in [0.717, 1.165) is 0 Å². The topological polar surface area (TPSA) is 71.8 Å². The minimum atomic E-state index is -0.295. The number of aromatic nitrogens is 2. The fourth-order valence-corrected chi connectivity index (χ4v) is 1.28. The van der Waals surface area contributed by atoms with Gasteiger partial charge in [-0.3, -0.25) is 9.89 Å². The van der Waals surface area contributed by atoms with Crippen LogP contribution in [0.25, 0.3) is 10.9 Å². The molecule has 0 spiro atoms. The van der Waals surface area contributed by atoms with Gasteiger partial charge in [0.2, 0.25) is 5.43 Å². The third-order valence-corrected chi connectivity index (χ3v) is 1.99.